The highest BCUT2D eigenvalue weighted by atomic mass is 16.7. The molecule has 4 rings (SSSR count). The molecule has 0 aromatic heterocycles. The lowest BCUT2D eigenvalue weighted by Gasteiger charge is -2.38. The molecule has 4 atom stereocenters. The number of dihydropyridines is 1. The lowest BCUT2D eigenvalue weighted by atomic mass is 9.69. The number of carbonyl (C=O) groups excluding carboxylic acids is 3. The van der Waals surface area contributed by atoms with Crippen LogP contribution in [0.25, 0.3) is 0 Å². The average Bonchev–Trinajstić information content (AvgIpc) is 3.25. The van der Waals surface area contributed by atoms with Gasteiger partial charge in [0.1, 0.15) is 5.92 Å². The van der Waals surface area contributed by atoms with Crippen LogP contribution in [0.5, 0.6) is 11.5 Å². The molecular weight excluding hydrogens is 426 g/mol. The second-order valence-electron chi connectivity index (χ2n) is 8.77. The molecule has 0 unspecified atom stereocenters. The number of ketones is 1. The number of hydrogen-bond acceptors (Lipinski definition) is 8. The third kappa shape index (κ3) is 3.98. The van der Waals surface area contributed by atoms with E-state index in [1.165, 1.54) is 7.11 Å². The van der Waals surface area contributed by atoms with Gasteiger partial charge in [0.2, 0.25) is 6.79 Å². The van der Waals surface area contributed by atoms with E-state index < -0.39 is 23.8 Å². The van der Waals surface area contributed by atoms with Crippen LogP contribution in [0.2, 0.25) is 0 Å². The van der Waals surface area contributed by atoms with Gasteiger partial charge in [-0.15, -0.1) is 0 Å². The number of methoxy groups -OCH3 is 1. The van der Waals surface area contributed by atoms with Crippen LogP contribution >= 0.6 is 0 Å². The van der Waals surface area contributed by atoms with Crippen molar-refractivity contribution in [3.63, 3.8) is 0 Å². The maximum Gasteiger partial charge on any atom is 0.337 e. The molecule has 2 heterocycles. The first kappa shape index (κ1) is 22.9. The molecule has 0 radical (unpaired) electrons. The Balaban J connectivity index is 1.85. The molecule has 1 N–H and O–H groups in total. The fourth-order valence-corrected chi connectivity index (χ4v) is 4.71. The highest BCUT2D eigenvalue weighted by Gasteiger charge is 2.47. The van der Waals surface area contributed by atoms with Crippen molar-refractivity contribution in [3.8, 4) is 11.5 Å². The maximum absolute atomic E-state index is 13.7. The fraction of sp³-hybridized carbons (Fsp3) is 0.480. The van der Waals surface area contributed by atoms with Gasteiger partial charge in [0.25, 0.3) is 0 Å². The summed E-state index contributed by atoms with van der Waals surface area (Å²) in [6.45, 7) is 7.52. The van der Waals surface area contributed by atoms with Crippen LogP contribution in [0.1, 0.15) is 52.0 Å². The minimum atomic E-state index is -0.933. The van der Waals surface area contributed by atoms with E-state index in [1.807, 2.05) is 26.8 Å². The van der Waals surface area contributed by atoms with Crippen molar-refractivity contribution in [1.29, 1.82) is 0 Å². The van der Waals surface area contributed by atoms with E-state index in [0.29, 0.717) is 52.4 Å². The predicted octanol–water partition coefficient (Wildman–Crippen LogP) is 3.37. The van der Waals surface area contributed by atoms with Gasteiger partial charge in [-0.05, 0) is 50.3 Å². The summed E-state index contributed by atoms with van der Waals surface area (Å²) in [5.74, 6) is -2.15. The first-order valence-corrected chi connectivity index (χ1v) is 11.2. The highest BCUT2D eigenvalue weighted by molar-refractivity contribution is 6.12. The van der Waals surface area contributed by atoms with Crippen molar-refractivity contribution in [1.82, 2.24) is 5.32 Å². The predicted molar refractivity (Wildman–Crippen MR) is 118 cm³/mol. The van der Waals surface area contributed by atoms with Gasteiger partial charge in [-0.25, -0.2) is 4.79 Å². The van der Waals surface area contributed by atoms with Gasteiger partial charge in [0.05, 0.1) is 18.8 Å². The Kier molecular flexibility index (Phi) is 6.19. The van der Waals surface area contributed by atoms with Crippen molar-refractivity contribution in [2.75, 3.05) is 13.9 Å². The van der Waals surface area contributed by atoms with Crippen molar-refractivity contribution in [2.45, 2.75) is 52.6 Å². The largest absolute Gasteiger partial charge is 0.468 e. The Morgan fingerprint density at radius 2 is 1.97 bits per heavy atom. The minimum Gasteiger partial charge on any atom is -0.468 e. The molecule has 3 aliphatic rings. The van der Waals surface area contributed by atoms with Crippen LogP contribution < -0.4 is 14.8 Å². The molecule has 8 nitrogen and oxygen atoms in total. The van der Waals surface area contributed by atoms with Crippen LogP contribution in [-0.2, 0) is 23.9 Å². The molecule has 176 valence electrons. The summed E-state index contributed by atoms with van der Waals surface area (Å²) in [6.07, 6.45) is 0.859. The molecule has 8 heteroatoms. The second kappa shape index (κ2) is 8.92. The lowest BCUT2D eigenvalue weighted by molar-refractivity contribution is -0.151. The van der Waals surface area contributed by atoms with Gasteiger partial charge in [-0.1, -0.05) is 19.9 Å². The van der Waals surface area contributed by atoms with Gasteiger partial charge in [0, 0.05) is 22.9 Å². The summed E-state index contributed by atoms with van der Waals surface area (Å²) in [4.78, 5) is 39.5. The Hall–Kier alpha value is -3.29. The molecule has 2 aliphatic heterocycles. The highest BCUT2D eigenvalue weighted by Crippen LogP contribution is 2.47. The zero-order valence-corrected chi connectivity index (χ0v) is 19.5. The zero-order chi connectivity index (χ0) is 23.9. The number of Topliss-reactive ketones (excluding diaryl/α,β-unsaturated/α-hetero) is 1. The van der Waals surface area contributed by atoms with Crippen LogP contribution in [0.4, 0.5) is 0 Å². The summed E-state index contributed by atoms with van der Waals surface area (Å²) >= 11 is 0. The quantitative estimate of drug-likeness (QED) is 0.533. The minimum absolute atomic E-state index is 0.109. The SMILES string of the molecule is CC[C@H](C)OC(=O)C1=C(C)NC2=C(C(=O)[C@H](C(=O)OC)[C@H](C)C2)[C@H]1c1ccc2c(c1)OCO2. The number of esters is 2. The van der Waals surface area contributed by atoms with Gasteiger partial charge >= 0.3 is 11.9 Å². The van der Waals surface area contributed by atoms with Crippen molar-refractivity contribution in [3.05, 3.63) is 46.3 Å². The molecular formula is C25H29NO7. The number of fused-ring (bicyclic) bond motifs is 1. The van der Waals surface area contributed by atoms with Crippen LogP contribution in [0.15, 0.2) is 40.7 Å². The van der Waals surface area contributed by atoms with Gasteiger partial charge in [-0.2, -0.15) is 0 Å². The Morgan fingerprint density at radius 1 is 1.24 bits per heavy atom. The average molecular weight is 456 g/mol. The molecule has 33 heavy (non-hydrogen) atoms. The monoisotopic (exact) mass is 455 g/mol. The van der Waals surface area contributed by atoms with Gasteiger partial charge in [-0.3, -0.25) is 9.59 Å². The Bertz CT molecular complexity index is 1070. The van der Waals surface area contributed by atoms with Crippen LogP contribution in [0.3, 0.4) is 0 Å². The van der Waals surface area contributed by atoms with E-state index in [1.54, 1.807) is 19.1 Å². The van der Waals surface area contributed by atoms with E-state index in [2.05, 4.69) is 5.32 Å². The zero-order valence-electron chi connectivity index (χ0n) is 19.5. The van der Waals surface area contributed by atoms with Crippen molar-refractivity contribution < 1.29 is 33.3 Å². The molecule has 0 spiro atoms. The van der Waals surface area contributed by atoms with Crippen molar-refractivity contribution in [2.24, 2.45) is 11.8 Å². The number of hydrogen-bond donors (Lipinski definition) is 1. The normalized spacial score (nSPS) is 24.8. The molecule has 1 aliphatic carbocycles. The van der Waals surface area contributed by atoms with E-state index in [0.717, 1.165) is 0 Å². The molecule has 1 aromatic rings. The molecule has 0 saturated carbocycles. The lowest BCUT2D eigenvalue weighted by Crippen LogP contribution is -2.43. The summed E-state index contributed by atoms with van der Waals surface area (Å²) in [7, 11) is 1.28. The summed E-state index contributed by atoms with van der Waals surface area (Å²) < 4.78 is 21.6. The van der Waals surface area contributed by atoms with Crippen molar-refractivity contribution >= 4 is 17.7 Å². The van der Waals surface area contributed by atoms with E-state index in [9.17, 15) is 14.4 Å². The Morgan fingerprint density at radius 3 is 2.67 bits per heavy atom. The number of benzene rings is 1. The third-order valence-electron chi connectivity index (χ3n) is 6.58. The Labute approximate surface area is 192 Å². The van der Waals surface area contributed by atoms with E-state index >= 15 is 0 Å². The van der Waals surface area contributed by atoms with Crippen LogP contribution in [0, 0.1) is 11.8 Å². The first-order chi connectivity index (χ1) is 15.8. The molecule has 1 aromatic carbocycles. The maximum atomic E-state index is 13.7. The molecule has 0 bridgehead atoms. The summed E-state index contributed by atoms with van der Waals surface area (Å²) in [5.41, 5.74) is 2.77. The number of carbonyl (C=O) groups is 3. The molecule has 0 saturated heterocycles. The van der Waals surface area contributed by atoms with E-state index in [-0.39, 0.29) is 24.6 Å². The first-order valence-electron chi connectivity index (χ1n) is 11.2. The summed E-state index contributed by atoms with van der Waals surface area (Å²) in [6, 6.07) is 5.36. The molecule has 0 amide bonds. The molecule has 0 fully saturated rings. The summed E-state index contributed by atoms with van der Waals surface area (Å²) in [5, 5.41) is 3.26. The standard InChI is InChI=1S/C25H29NO7/c1-6-13(3)33-25(29)20-14(4)26-16-9-12(2)19(24(28)30-5)23(27)22(16)21(20)15-7-8-17-18(10-15)32-11-31-17/h7-8,10,12-13,19,21,26H,6,9,11H2,1-5H3/t12-,13+,19-,21+/m1/s1. The second-order valence-corrected chi connectivity index (χ2v) is 8.77. The topological polar surface area (TPSA) is 100 Å². The number of allylic oxidation sites excluding steroid dienone is 3. The number of rotatable bonds is 5. The third-order valence-corrected chi connectivity index (χ3v) is 6.58. The van der Waals surface area contributed by atoms with Gasteiger partial charge in [0.15, 0.2) is 17.3 Å². The smallest absolute Gasteiger partial charge is 0.337 e. The van der Waals surface area contributed by atoms with Crippen LogP contribution in [-0.4, -0.2) is 37.7 Å². The number of nitrogens with one attached hydrogen (secondary N) is 1. The number of ether oxygens (including phenoxy) is 4. The van der Waals surface area contributed by atoms with E-state index in [4.69, 9.17) is 18.9 Å². The van der Waals surface area contributed by atoms with Gasteiger partial charge < -0.3 is 24.3 Å². The fourth-order valence-electron chi connectivity index (χ4n) is 4.71.